The number of hydrogen-bond donors (Lipinski definition) is 1. The van der Waals surface area contributed by atoms with Gasteiger partial charge >= 0.3 is 0 Å². The lowest BCUT2D eigenvalue weighted by Gasteiger charge is -2.22. The number of aliphatic hydroxyl groups excluding tert-OH is 1. The summed E-state index contributed by atoms with van der Waals surface area (Å²) in [5.41, 5.74) is 2.78. The number of Topliss-reactive ketones (excluding diaryl/α,β-unsaturated/α-hetero) is 1. The molecule has 0 unspecified atom stereocenters. The van der Waals surface area contributed by atoms with Gasteiger partial charge in [-0.3, -0.25) is 4.79 Å². The number of hydrogen-bond acceptors (Lipinski definition) is 5. The van der Waals surface area contributed by atoms with Crippen molar-refractivity contribution in [3.05, 3.63) is 81.5 Å². The number of fused-ring (bicyclic) bond motifs is 2. The number of thioether (sulfide) groups is 1. The summed E-state index contributed by atoms with van der Waals surface area (Å²) in [4.78, 5) is 16.3. The Morgan fingerprint density at radius 1 is 1.03 bits per heavy atom. The predicted molar refractivity (Wildman–Crippen MR) is 139 cm³/mol. The van der Waals surface area contributed by atoms with Crippen LogP contribution in [-0.4, -0.2) is 17.4 Å². The lowest BCUT2D eigenvalue weighted by molar-refractivity contribution is -0.667. The highest BCUT2D eigenvalue weighted by molar-refractivity contribution is 8.03. The number of allylic oxidation sites excluding steroid dienone is 3. The van der Waals surface area contributed by atoms with Crippen molar-refractivity contribution in [2.24, 2.45) is 0 Å². The largest absolute Gasteiger partial charge is 1.00 e. The second-order valence-corrected chi connectivity index (χ2v) is 9.95. The number of terminal acetylenes is 2. The minimum atomic E-state index is -0.167. The molecule has 174 valence electrons. The topological polar surface area (TPSA) is 44.4 Å². The molecule has 3 aromatic rings. The van der Waals surface area contributed by atoms with Gasteiger partial charge in [-0.05, 0) is 24.3 Å². The summed E-state index contributed by atoms with van der Waals surface area (Å²) in [6.07, 6.45) is 15.7. The minimum absolute atomic E-state index is 0. The van der Waals surface area contributed by atoms with Crippen molar-refractivity contribution in [3.8, 4) is 24.7 Å². The van der Waals surface area contributed by atoms with Crippen LogP contribution < -0.4 is 26.4 Å². The van der Waals surface area contributed by atoms with Crippen LogP contribution in [0.15, 0.2) is 81.4 Å². The number of aromatic nitrogens is 1. The fraction of sp³-hybridized carbons (Fsp3) is 0.143. The molecule has 0 radical (unpaired) electrons. The number of benzene rings is 2. The van der Waals surface area contributed by atoms with E-state index >= 15 is 0 Å². The zero-order chi connectivity index (χ0) is 23.7. The molecule has 7 heteroatoms. The lowest BCUT2D eigenvalue weighted by atomic mass is 9.88. The van der Waals surface area contributed by atoms with Gasteiger partial charge in [-0.15, -0.1) is 24.7 Å². The molecule has 1 aromatic heterocycles. The molecule has 1 aliphatic heterocycles. The average Bonchev–Trinajstić information content (AvgIpc) is 3.40. The molecule has 0 amide bonds. The number of carbonyl (C=O) groups is 1. The van der Waals surface area contributed by atoms with Crippen LogP contribution in [0.25, 0.3) is 16.3 Å². The summed E-state index contributed by atoms with van der Waals surface area (Å²) in [6.45, 7) is 1.29. The van der Waals surface area contributed by atoms with Crippen molar-refractivity contribution in [2.45, 2.75) is 24.3 Å². The Morgan fingerprint density at radius 2 is 1.77 bits per heavy atom. The Hall–Kier alpha value is -3.23. The molecule has 2 aliphatic rings. The van der Waals surface area contributed by atoms with E-state index in [9.17, 15) is 9.90 Å². The Kier molecular flexibility index (Phi) is 7.52. The summed E-state index contributed by atoms with van der Waals surface area (Å²) in [5.74, 6) is 5.21. The van der Waals surface area contributed by atoms with Crippen LogP contribution in [-0.2, 0) is 11.3 Å². The monoisotopic (exact) mass is 560 g/mol. The molecule has 2 aromatic carbocycles. The number of carbonyl (C=O) groups excluding carboxylic acids is 1. The summed E-state index contributed by atoms with van der Waals surface area (Å²) in [6, 6.07) is 16.1. The van der Waals surface area contributed by atoms with Gasteiger partial charge in [-0.25, -0.2) is 0 Å². The lowest BCUT2D eigenvalue weighted by Crippen LogP contribution is -3.00. The summed E-state index contributed by atoms with van der Waals surface area (Å²) >= 11 is 3.15. The highest BCUT2D eigenvalue weighted by Crippen LogP contribution is 2.47. The highest BCUT2D eigenvalue weighted by Gasteiger charge is 2.36. The van der Waals surface area contributed by atoms with Crippen molar-refractivity contribution in [1.82, 2.24) is 0 Å². The smallest absolute Gasteiger partial charge is 0.263 e. The molecule has 4 nitrogen and oxygen atoms in total. The predicted octanol–water partition coefficient (Wildman–Crippen LogP) is 2.47. The molecule has 0 spiro atoms. The summed E-state index contributed by atoms with van der Waals surface area (Å²) < 4.78 is 3.21. The third kappa shape index (κ3) is 4.56. The molecule has 0 saturated carbocycles. The van der Waals surface area contributed by atoms with Crippen molar-refractivity contribution < 1.29 is 31.4 Å². The number of aliphatic hydroxyl groups is 1. The molecular weight excluding hydrogens is 540 g/mol. The van der Waals surface area contributed by atoms with Crippen LogP contribution in [0.2, 0.25) is 0 Å². The number of para-hydroxylation sites is 2. The number of halogens is 1. The molecule has 0 atom stereocenters. The number of ketones is 1. The van der Waals surface area contributed by atoms with Crippen LogP contribution >= 0.6 is 23.1 Å². The van der Waals surface area contributed by atoms with E-state index in [1.807, 2.05) is 48.5 Å². The first-order valence-corrected chi connectivity index (χ1v) is 12.5. The van der Waals surface area contributed by atoms with Crippen LogP contribution in [0.3, 0.4) is 0 Å². The van der Waals surface area contributed by atoms with E-state index in [2.05, 4.69) is 21.3 Å². The maximum absolute atomic E-state index is 13.1. The van der Waals surface area contributed by atoms with Crippen molar-refractivity contribution >= 4 is 50.9 Å². The SMILES string of the molecule is C#CCCN1/C(=C/C2=C(O)C(=C/c3sc4ccccc4[n+]3CCC#C)/C2=O)Sc2ccccc21.[Br-]. The second kappa shape index (κ2) is 10.6. The number of thiazole rings is 1. The van der Waals surface area contributed by atoms with E-state index in [4.69, 9.17) is 12.8 Å². The van der Waals surface area contributed by atoms with Gasteiger partial charge in [0.15, 0.2) is 6.54 Å². The van der Waals surface area contributed by atoms with Gasteiger partial charge in [0.2, 0.25) is 11.3 Å². The summed E-state index contributed by atoms with van der Waals surface area (Å²) in [7, 11) is 0. The van der Waals surface area contributed by atoms with Gasteiger partial charge in [0.25, 0.3) is 5.01 Å². The molecule has 1 N–H and O–H groups in total. The maximum Gasteiger partial charge on any atom is 0.263 e. The van der Waals surface area contributed by atoms with Gasteiger partial charge in [0.1, 0.15) is 10.5 Å². The fourth-order valence-electron chi connectivity index (χ4n) is 4.09. The normalized spacial score (nSPS) is 16.7. The molecule has 5 rings (SSSR count). The first-order valence-electron chi connectivity index (χ1n) is 10.9. The minimum Gasteiger partial charge on any atom is -1.00 e. The molecular formula is C28H21BrN2O2S2. The second-order valence-electron chi connectivity index (χ2n) is 7.82. The number of anilines is 1. The fourth-order valence-corrected chi connectivity index (χ4v) is 6.35. The Balaban J connectivity index is 0.00000289. The van der Waals surface area contributed by atoms with Gasteiger partial charge in [-0.2, -0.15) is 4.57 Å². The first kappa shape index (κ1) is 24.9. The molecule has 0 saturated heterocycles. The first-order chi connectivity index (χ1) is 16.6. The number of rotatable bonds is 6. The molecule has 2 heterocycles. The van der Waals surface area contributed by atoms with E-state index in [-0.39, 0.29) is 28.5 Å². The Morgan fingerprint density at radius 3 is 2.54 bits per heavy atom. The molecule has 0 bridgehead atoms. The average molecular weight is 562 g/mol. The van der Waals surface area contributed by atoms with Crippen LogP contribution in [0, 0.1) is 24.7 Å². The van der Waals surface area contributed by atoms with Gasteiger partial charge in [0, 0.05) is 30.0 Å². The standard InChI is InChI=1S/C28H20N2O2S2.BrH/c1-3-5-15-29-21-11-7-9-13-23(21)33-25(29)17-19-27(31)20(28(19)32)18-26-30(16-6-4-2)22-12-8-10-14-24(22)34-26;/h1-2,7-14,17-18H,5-6,15-16H2;1H. The van der Waals surface area contributed by atoms with Crippen molar-refractivity contribution in [2.75, 3.05) is 11.4 Å². The quantitative estimate of drug-likeness (QED) is 0.286. The van der Waals surface area contributed by atoms with Crippen LogP contribution in [0.5, 0.6) is 0 Å². The maximum atomic E-state index is 13.1. The van der Waals surface area contributed by atoms with E-state index in [0.29, 0.717) is 37.1 Å². The molecule has 1 aliphatic carbocycles. The van der Waals surface area contributed by atoms with Crippen molar-refractivity contribution in [3.63, 3.8) is 0 Å². The number of aryl methyl sites for hydroxylation is 1. The van der Waals surface area contributed by atoms with Gasteiger partial charge in [0.05, 0.1) is 28.3 Å². The summed E-state index contributed by atoms with van der Waals surface area (Å²) in [5, 5.41) is 12.6. The Labute approximate surface area is 223 Å². The van der Waals surface area contributed by atoms with E-state index < -0.39 is 0 Å². The Bertz CT molecular complexity index is 1500. The molecule has 35 heavy (non-hydrogen) atoms. The zero-order valence-corrected chi connectivity index (χ0v) is 21.9. The van der Waals surface area contributed by atoms with E-state index in [1.165, 1.54) is 0 Å². The van der Waals surface area contributed by atoms with Crippen LogP contribution in [0.4, 0.5) is 5.69 Å². The van der Waals surface area contributed by atoms with E-state index in [1.54, 1.807) is 35.3 Å². The number of nitrogens with zero attached hydrogens (tertiary/aromatic N) is 2. The van der Waals surface area contributed by atoms with Gasteiger partial charge < -0.3 is 27.0 Å². The van der Waals surface area contributed by atoms with E-state index in [0.717, 1.165) is 30.8 Å². The highest BCUT2D eigenvalue weighted by atomic mass is 79.9. The van der Waals surface area contributed by atoms with Gasteiger partial charge in [-0.1, -0.05) is 47.4 Å². The third-order valence-corrected chi connectivity index (χ3v) is 7.99. The molecule has 0 fully saturated rings. The zero-order valence-electron chi connectivity index (χ0n) is 18.7. The van der Waals surface area contributed by atoms with Crippen LogP contribution in [0.1, 0.15) is 17.8 Å². The third-order valence-electron chi connectivity index (χ3n) is 5.77. The van der Waals surface area contributed by atoms with Crippen molar-refractivity contribution in [1.29, 1.82) is 0 Å².